The molecule has 1 saturated heterocycles. The van der Waals surface area contributed by atoms with Gasteiger partial charge in [-0.15, -0.1) is 0 Å². The molecule has 0 aromatic rings. The zero-order valence-corrected chi connectivity index (χ0v) is 11.7. The van der Waals surface area contributed by atoms with Gasteiger partial charge >= 0.3 is 11.9 Å². The van der Waals surface area contributed by atoms with Gasteiger partial charge in [0.15, 0.2) is 18.5 Å². The zero-order valence-electron chi connectivity index (χ0n) is 11.7. The molecule has 0 aromatic heterocycles. The Morgan fingerprint density at radius 3 is 1.84 bits per heavy atom. The molecule has 0 radical (unpaired) electrons. The topological polar surface area (TPSA) is 80.3 Å². The van der Waals surface area contributed by atoms with E-state index in [0.717, 1.165) is 0 Å². The molecule has 7 heteroatoms. The van der Waals surface area contributed by atoms with Crippen LogP contribution in [-0.2, 0) is 33.3 Å². The number of carbonyl (C=O) groups is 2. The molecular formula is C12H20O7. The van der Waals surface area contributed by atoms with Gasteiger partial charge in [-0.2, -0.15) is 0 Å². The van der Waals surface area contributed by atoms with Crippen LogP contribution in [0.2, 0.25) is 0 Å². The molecule has 0 bridgehead atoms. The summed E-state index contributed by atoms with van der Waals surface area (Å²) in [5.74, 6) is -0.950. The maximum Gasteiger partial charge on any atom is 0.303 e. The van der Waals surface area contributed by atoms with Gasteiger partial charge in [0.25, 0.3) is 0 Å². The number of methoxy groups -OCH3 is 2. The molecule has 1 rings (SSSR count). The molecule has 0 saturated carbocycles. The van der Waals surface area contributed by atoms with E-state index >= 15 is 0 Å². The molecule has 0 amide bonds. The summed E-state index contributed by atoms with van der Waals surface area (Å²) in [6.45, 7) is 4.30. The lowest BCUT2D eigenvalue weighted by Gasteiger charge is -2.43. The molecule has 0 spiro atoms. The fourth-order valence-electron chi connectivity index (χ4n) is 2.10. The quantitative estimate of drug-likeness (QED) is 0.681. The predicted octanol–water partition coefficient (Wildman–Crippen LogP) is 0.256. The van der Waals surface area contributed by atoms with Crippen molar-refractivity contribution in [3.63, 3.8) is 0 Å². The second kappa shape index (κ2) is 6.83. The van der Waals surface area contributed by atoms with Gasteiger partial charge in [-0.1, -0.05) is 0 Å². The minimum atomic E-state index is -0.798. The van der Waals surface area contributed by atoms with Crippen molar-refractivity contribution in [1.29, 1.82) is 0 Å². The van der Waals surface area contributed by atoms with E-state index in [1.165, 1.54) is 28.1 Å². The second-order valence-electron chi connectivity index (χ2n) is 4.29. The SMILES string of the molecule is CO[C@H]1O[C@H](C)[C@@H](OC(C)=O)[C@H](OC)[C@@H]1OC(C)=O. The number of rotatable bonds is 4. The summed E-state index contributed by atoms with van der Waals surface area (Å²) in [5, 5.41) is 0. The molecule has 0 aliphatic carbocycles. The molecule has 0 unspecified atom stereocenters. The van der Waals surface area contributed by atoms with Crippen molar-refractivity contribution in [3.05, 3.63) is 0 Å². The third-order valence-corrected chi connectivity index (χ3v) is 2.84. The molecule has 19 heavy (non-hydrogen) atoms. The Morgan fingerprint density at radius 2 is 1.42 bits per heavy atom. The van der Waals surface area contributed by atoms with Crippen LogP contribution in [0.5, 0.6) is 0 Å². The number of ether oxygens (including phenoxy) is 5. The van der Waals surface area contributed by atoms with Crippen LogP contribution >= 0.6 is 0 Å². The van der Waals surface area contributed by atoms with Crippen molar-refractivity contribution in [2.24, 2.45) is 0 Å². The van der Waals surface area contributed by atoms with Crippen LogP contribution in [0.25, 0.3) is 0 Å². The van der Waals surface area contributed by atoms with Gasteiger partial charge in [0, 0.05) is 28.1 Å². The Balaban J connectivity index is 2.94. The van der Waals surface area contributed by atoms with Gasteiger partial charge in [-0.25, -0.2) is 0 Å². The largest absolute Gasteiger partial charge is 0.457 e. The molecule has 0 aromatic carbocycles. The van der Waals surface area contributed by atoms with E-state index in [0.29, 0.717) is 0 Å². The Kier molecular flexibility index (Phi) is 5.71. The molecule has 1 fully saturated rings. The predicted molar refractivity (Wildman–Crippen MR) is 63.2 cm³/mol. The lowest BCUT2D eigenvalue weighted by molar-refractivity contribution is -0.296. The molecule has 5 atom stereocenters. The summed E-state index contributed by atoms with van der Waals surface area (Å²) >= 11 is 0. The maximum atomic E-state index is 11.1. The van der Waals surface area contributed by atoms with Gasteiger partial charge in [0.1, 0.15) is 6.10 Å². The van der Waals surface area contributed by atoms with E-state index in [9.17, 15) is 9.59 Å². The summed E-state index contributed by atoms with van der Waals surface area (Å²) < 4.78 is 26.3. The number of hydrogen-bond donors (Lipinski definition) is 0. The highest BCUT2D eigenvalue weighted by molar-refractivity contribution is 5.67. The zero-order chi connectivity index (χ0) is 14.6. The van der Waals surface area contributed by atoms with Gasteiger partial charge in [0.05, 0.1) is 6.10 Å². The van der Waals surface area contributed by atoms with Gasteiger partial charge < -0.3 is 23.7 Å². The average Bonchev–Trinajstić information content (AvgIpc) is 2.32. The molecule has 7 nitrogen and oxygen atoms in total. The first kappa shape index (κ1) is 15.9. The summed E-state index contributed by atoms with van der Waals surface area (Å²) in [4.78, 5) is 22.3. The number of esters is 2. The van der Waals surface area contributed by atoms with Gasteiger partial charge in [-0.05, 0) is 6.92 Å². The summed E-state index contributed by atoms with van der Waals surface area (Å²) in [6, 6.07) is 0. The molecule has 110 valence electrons. The Hall–Kier alpha value is -1.18. The van der Waals surface area contributed by atoms with Crippen LogP contribution in [0.15, 0.2) is 0 Å². The van der Waals surface area contributed by atoms with Crippen molar-refractivity contribution < 1.29 is 33.3 Å². The third kappa shape index (κ3) is 3.89. The molecule has 1 heterocycles. The van der Waals surface area contributed by atoms with Gasteiger partial charge in [0.2, 0.25) is 0 Å². The minimum absolute atomic E-state index is 0.439. The maximum absolute atomic E-state index is 11.1. The second-order valence-corrected chi connectivity index (χ2v) is 4.29. The smallest absolute Gasteiger partial charge is 0.303 e. The van der Waals surface area contributed by atoms with Crippen LogP contribution in [0.3, 0.4) is 0 Å². The first-order chi connectivity index (χ1) is 8.90. The lowest BCUT2D eigenvalue weighted by atomic mass is 9.99. The van der Waals surface area contributed by atoms with E-state index in [4.69, 9.17) is 23.7 Å². The van der Waals surface area contributed by atoms with Crippen LogP contribution in [-0.4, -0.2) is 56.9 Å². The standard InChI is InChI=1S/C12H20O7/c1-6-9(18-7(2)13)10(15-4)11(19-8(3)14)12(16-5)17-6/h6,9-12H,1-5H3/t6-,9-,10+,11+,12+/m1/s1. The fraction of sp³-hybridized carbons (Fsp3) is 0.833. The van der Waals surface area contributed by atoms with Crippen molar-refractivity contribution in [2.45, 2.75) is 51.5 Å². The first-order valence-electron chi connectivity index (χ1n) is 5.96. The minimum Gasteiger partial charge on any atom is -0.457 e. The molecule has 0 N–H and O–H groups in total. The van der Waals surface area contributed by atoms with E-state index < -0.39 is 42.6 Å². The normalized spacial score (nSPS) is 34.7. The van der Waals surface area contributed by atoms with Crippen LogP contribution in [0, 0.1) is 0 Å². The highest BCUT2D eigenvalue weighted by atomic mass is 16.7. The van der Waals surface area contributed by atoms with E-state index in [-0.39, 0.29) is 0 Å². The lowest BCUT2D eigenvalue weighted by Crippen LogP contribution is -2.60. The van der Waals surface area contributed by atoms with Gasteiger partial charge in [-0.3, -0.25) is 9.59 Å². The Bertz CT molecular complexity index is 330. The van der Waals surface area contributed by atoms with E-state index in [1.807, 2.05) is 0 Å². The summed E-state index contributed by atoms with van der Waals surface area (Å²) in [6.07, 6.45) is -3.32. The van der Waals surface area contributed by atoms with Crippen LogP contribution < -0.4 is 0 Å². The molecule has 1 aliphatic rings. The van der Waals surface area contributed by atoms with Crippen molar-refractivity contribution in [2.75, 3.05) is 14.2 Å². The number of hydrogen-bond acceptors (Lipinski definition) is 7. The molecule has 1 aliphatic heterocycles. The summed E-state index contributed by atoms with van der Waals surface area (Å²) in [5.41, 5.74) is 0. The highest BCUT2D eigenvalue weighted by Crippen LogP contribution is 2.28. The van der Waals surface area contributed by atoms with Crippen molar-refractivity contribution in [3.8, 4) is 0 Å². The Labute approximate surface area is 112 Å². The fourth-order valence-corrected chi connectivity index (χ4v) is 2.10. The van der Waals surface area contributed by atoms with E-state index in [2.05, 4.69) is 0 Å². The highest BCUT2D eigenvalue weighted by Gasteiger charge is 2.48. The molecular weight excluding hydrogens is 256 g/mol. The van der Waals surface area contributed by atoms with Crippen LogP contribution in [0.4, 0.5) is 0 Å². The summed E-state index contributed by atoms with van der Waals surface area (Å²) in [7, 11) is 2.88. The Morgan fingerprint density at radius 1 is 0.895 bits per heavy atom. The third-order valence-electron chi connectivity index (χ3n) is 2.84. The van der Waals surface area contributed by atoms with E-state index in [1.54, 1.807) is 6.92 Å². The average molecular weight is 276 g/mol. The monoisotopic (exact) mass is 276 g/mol. The first-order valence-corrected chi connectivity index (χ1v) is 5.96. The van der Waals surface area contributed by atoms with Crippen molar-refractivity contribution in [1.82, 2.24) is 0 Å². The number of carbonyl (C=O) groups excluding carboxylic acids is 2. The van der Waals surface area contributed by atoms with Crippen molar-refractivity contribution >= 4 is 11.9 Å². The van der Waals surface area contributed by atoms with Crippen LogP contribution in [0.1, 0.15) is 20.8 Å².